The summed E-state index contributed by atoms with van der Waals surface area (Å²) in [6.07, 6.45) is -10.3. The van der Waals surface area contributed by atoms with Gasteiger partial charge in [-0.05, 0) is 33.1 Å². The van der Waals surface area contributed by atoms with Gasteiger partial charge in [-0.25, -0.2) is 18.4 Å². The Labute approximate surface area is 239 Å². The Morgan fingerprint density at radius 2 is 1.57 bits per heavy atom. The lowest BCUT2D eigenvalue weighted by Crippen LogP contribution is -2.54. The fourth-order valence-corrected chi connectivity index (χ4v) is 4.90. The van der Waals surface area contributed by atoms with E-state index in [0.29, 0.717) is 13.0 Å². The van der Waals surface area contributed by atoms with Crippen molar-refractivity contribution >= 4 is 18.0 Å². The van der Waals surface area contributed by atoms with E-state index in [0.717, 1.165) is 0 Å². The van der Waals surface area contributed by atoms with Gasteiger partial charge < -0.3 is 45.1 Å². The molecule has 0 aromatic heterocycles. The van der Waals surface area contributed by atoms with Crippen LogP contribution in [0.5, 0.6) is 0 Å². The lowest BCUT2D eigenvalue weighted by Gasteiger charge is -2.30. The summed E-state index contributed by atoms with van der Waals surface area (Å²) >= 11 is 0. The summed E-state index contributed by atoms with van der Waals surface area (Å²) in [7, 11) is 0. The summed E-state index contributed by atoms with van der Waals surface area (Å²) in [5, 5.41) is 31.8. The van der Waals surface area contributed by atoms with E-state index < -0.39 is 78.6 Å². The first-order chi connectivity index (χ1) is 19.2. The van der Waals surface area contributed by atoms with Crippen molar-refractivity contribution in [2.45, 2.75) is 108 Å². The van der Waals surface area contributed by atoms with Crippen LogP contribution in [0, 0.1) is 5.92 Å². The number of carbonyl (C=O) groups is 3. The molecule has 0 saturated carbocycles. The van der Waals surface area contributed by atoms with Crippen LogP contribution in [-0.2, 0) is 23.8 Å². The zero-order chi connectivity index (χ0) is 32.2. The molecular formula is C25H40F5N3O9. The van der Waals surface area contributed by atoms with Crippen molar-refractivity contribution in [3.05, 3.63) is 0 Å². The molecular weight excluding hydrogens is 581 g/mol. The molecule has 12 nitrogen and oxygen atoms in total. The van der Waals surface area contributed by atoms with Crippen molar-refractivity contribution in [1.82, 2.24) is 15.5 Å². The van der Waals surface area contributed by atoms with E-state index in [-0.39, 0.29) is 31.7 Å². The lowest BCUT2D eigenvalue weighted by atomic mass is 10.0. The van der Waals surface area contributed by atoms with Gasteiger partial charge in [0.2, 0.25) is 5.91 Å². The number of carboxylic acid groups (broad SMARTS) is 1. The number of carbonyl (C=O) groups excluding carboxylic acids is 2. The second-order valence-electron chi connectivity index (χ2n) is 11.8. The highest BCUT2D eigenvalue weighted by molar-refractivity contribution is 5.86. The summed E-state index contributed by atoms with van der Waals surface area (Å²) in [6.45, 7) is 9.49. The highest BCUT2D eigenvalue weighted by atomic mass is 19.4. The van der Waals surface area contributed by atoms with Crippen molar-refractivity contribution in [2.75, 3.05) is 26.3 Å². The highest BCUT2D eigenvalue weighted by Crippen LogP contribution is 2.32. The zero-order valence-corrected chi connectivity index (χ0v) is 23.9. The molecule has 42 heavy (non-hydrogen) atoms. The van der Waals surface area contributed by atoms with Gasteiger partial charge in [-0.3, -0.25) is 4.79 Å². The lowest BCUT2D eigenvalue weighted by molar-refractivity contribution is -0.192. The summed E-state index contributed by atoms with van der Waals surface area (Å²) in [4.78, 5) is 35.2. The normalized spacial score (nSPS) is 32.6. The van der Waals surface area contributed by atoms with Crippen LogP contribution in [0.25, 0.3) is 0 Å². The van der Waals surface area contributed by atoms with E-state index >= 15 is 0 Å². The molecule has 244 valence electrons. The topological polar surface area (TPSA) is 167 Å². The van der Waals surface area contributed by atoms with Gasteiger partial charge in [-0.15, -0.1) is 0 Å². The number of ether oxygens (including phenoxy) is 3. The van der Waals surface area contributed by atoms with Crippen LogP contribution in [-0.4, -0.2) is 131 Å². The van der Waals surface area contributed by atoms with E-state index in [1.54, 1.807) is 20.8 Å². The Hall–Kier alpha value is -2.34. The number of amides is 2. The number of alkyl carbamates (subject to hydrolysis) is 1. The van der Waals surface area contributed by atoms with Crippen LogP contribution in [0.1, 0.15) is 41.0 Å². The fourth-order valence-electron chi connectivity index (χ4n) is 4.90. The van der Waals surface area contributed by atoms with E-state index in [9.17, 15) is 36.6 Å². The molecule has 0 aromatic rings. The smallest absolute Gasteiger partial charge is 0.475 e. The van der Waals surface area contributed by atoms with Crippen LogP contribution in [0.15, 0.2) is 0 Å². The maximum absolute atomic E-state index is 14.1. The SMILES string of the molecule is CC(C)C[C@H](NC(=O)OC(C)(C)C)C(=O)N1C[C@H](F)[C@H]2OC[C@H](O)[C@H]21.O=C(O)C(F)(F)F.O[C@H]1CO[C@H]2[C@@H]1NC[C@@H]2F. The molecule has 0 spiro atoms. The van der Waals surface area contributed by atoms with Gasteiger partial charge in [0.25, 0.3) is 0 Å². The minimum absolute atomic E-state index is 0.00781. The number of alkyl halides is 5. The fraction of sp³-hybridized carbons (Fsp3) is 0.880. The molecule has 9 atom stereocenters. The largest absolute Gasteiger partial charge is 0.490 e. The second-order valence-corrected chi connectivity index (χ2v) is 11.8. The maximum atomic E-state index is 14.1. The highest BCUT2D eigenvalue weighted by Gasteiger charge is 2.53. The zero-order valence-electron chi connectivity index (χ0n) is 23.9. The molecule has 0 aromatic carbocycles. The summed E-state index contributed by atoms with van der Waals surface area (Å²) in [6, 6.07) is -1.72. The predicted octanol–water partition coefficient (Wildman–Crippen LogP) is 0.924. The summed E-state index contributed by atoms with van der Waals surface area (Å²) in [5.41, 5.74) is -0.687. The average molecular weight is 622 g/mol. The van der Waals surface area contributed by atoms with Crippen molar-refractivity contribution in [3.8, 4) is 0 Å². The third-order valence-electron chi connectivity index (χ3n) is 6.63. The third kappa shape index (κ3) is 9.86. The number of carboxylic acids is 1. The van der Waals surface area contributed by atoms with Crippen molar-refractivity contribution in [1.29, 1.82) is 0 Å². The van der Waals surface area contributed by atoms with Gasteiger partial charge >= 0.3 is 18.2 Å². The Kier molecular flexibility index (Phi) is 12.3. The van der Waals surface area contributed by atoms with Gasteiger partial charge in [0, 0.05) is 6.54 Å². The van der Waals surface area contributed by atoms with Crippen molar-refractivity contribution in [3.63, 3.8) is 0 Å². The Bertz CT molecular complexity index is 920. The van der Waals surface area contributed by atoms with Crippen LogP contribution in [0.3, 0.4) is 0 Å². The van der Waals surface area contributed by atoms with Crippen molar-refractivity contribution < 1.29 is 65.9 Å². The van der Waals surface area contributed by atoms with E-state index in [2.05, 4.69) is 10.6 Å². The Morgan fingerprint density at radius 1 is 1.02 bits per heavy atom. The number of aliphatic hydroxyl groups is 2. The van der Waals surface area contributed by atoms with Gasteiger partial charge in [0.15, 0.2) is 0 Å². The van der Waals surface area contributed by atoms with Crippen molar-refractivity contribution in [2.24, 2.45) is 5.92 Å². The molecule has 17 heteroatoms. The molecule has 4 heterocycles. The van der Waals surface area contributed by atoms with Gasteiger partial charge in [0.1, 0.15) is 42.3 Å². The average Bonchev–Trinajstić information content (AvgIpc) is 3.58. The number of aliphatic carboxylic acids is 1. The molecule has 0 radical (unpaired) electrons. The number of rotatable bonds is 4. The van der Waals surface area contributed by atoms with Crippen LogP contribution in [0.2, 0.25) is 0 Å². The summed E-state index contributed by atoms with van der Waals surface area (Å²) < 4.78 is 74.1. The van der Waals surface area contributed by atoms with Crippen LogP contribution < -0.4 is 10.6 Å². The van der Waals surface area contributed by atoms with Crippen LogP contribution >= 0.6 is 0 Å². The monoisotopic (exact) mass is 621 g/mol. The number of nitrogens with zero attached hydrogens (tertiary/aromatic N) is 1. The van der Waals surface area contributed by atoms with E-state index in [1.807, 2.05) is 13.8 Å². The second kappa shape index (κ2) is 14.4. The molecule has 2 amide bonds. The number of halogens is 5. The predicted molar refractivity (Wildman–Crippen MR) is 135 cm³/mol. The first-order valence-electron chi connectivity index (χ1n) is 13.4. The standard InChI is InChI=1S/C17H29FN2O5.C6H10FNO2.C2HF3O2/c1-9(2)6-11(19-16(23)25-17(3,4)5)15(22)20-7-10(18)14-13(20)12(21)8-24-14;7-3-1-8-5-4(9)2-10-6(3)5;3-2(4,5)1(6)7/h9-14,21H,6-8H2,1-5H3,(H,19,23);3-6,8-9H,1-2H2;(H,6,7)/t10-,11-,12-,13+,14+;3-,4-,5+,6+;/m00./s1. The molecule has 4 rings (SSSR count). The summed E-state index contributed by atoms with van der Waals surface area (Å²) in [5.74, 6) is -3.04. The Morgan fingerprint density at radius 3 is 2.07 bits per heavy atom. The molecule has 4 fully saturated rings. The van der Waals surface area contributed by atoms with E-state index in [4.69, 9.17) is 29.2 Å². The number of nitrogens with one attached hydrogen (secondary N) is 2. The minimum atomic E-state index is -5.08. The molecule has 0 aliphatic carbocycles. The number of aliphatic hydroxyl groups excluding tert-OH is 2. The van der Waals surface area contributed by atoms with Crippen LogP contribution in [0.4, 0.5) is 26.7 Å². The molecule has 0 unspecified atom stereocenters. The van der Waals surface area contributed by atoms with E-state index in [1.165, 1.54) is 4.90 Å². The maximum Gasteiger partial charge on any atom is 0.490 e. The van der Waals surface area contributed by atoms with Gasteiger partial charge in [0.05, 0.1) is 37.9 Å². The van der Waals surface area contributed by atoms with Gasteiger partial charge in [-0.1, -0.05) is 13.8 Å². The van der Waals surface area contributed by atoms with Gasteiger partial charge in [-0.2, -0.15) is 13.2 Å². The number of fused-ring (bicyclic) bond motifs is 2. The number of hydrogen-bond acceptors (Lipinski definition) is 9. The quantitative estimate of drug-likeness (QED) is 0.285. The Balaban J connectivity index is 0.000000293. The molecule has 4 aliphatic rings. The first-order valence-corrected chi connectivity index (χ1v) is 13.4. The molecule has 5 N–H and O–H groups in total. The molecule has 4 saturated heterocycles. The number of hydrogen-bond donors (Lipinski definition) is 5. The minimum Gasteiger partial charge on any atom is -0.475 e. The number of likely N-dealkylation sites (tertiary alicyclic amines) is 1. The third-order valence-corrected chi connectivity index (χ3v) is 6.63. The first kappa shape index (κ1) is 35.9. The molecule has 0 bridgehead atoms. The molecule has 4 aliphatic heterocycles.